The van der Waals surface area contributed by atoms with Gasteiger partial charge in [0.2, 0.25) is 0 Å². The van der Waals surface area contributed by atoms with E-state index in [-0.39, 0.29) is 5.56 Å². The van der Waals surface area contributed by atoms with Gasteiger partial charge in [-0.3, -0.25) is 4.98 Å². The van der Waals surface area contributed by atoms with Crippen LogP contribution in [0.25, 0.3) is 0 Å². The number of hydrogen-bond donors (Lipinski definition) is 1. The third-order valence-corrected chi connectivity index (χ3v) is 2.86. The molecule has 1 unspecified atom stereocenters. The van der Waals surface area contributed by atoms with Crippen molar-refractivity contribution in [2.24, 2.45) is 0 Å². The summed E-state index contributed by atoms with van der Waals surface area (Å²) in [4.78, 5) is 17.0. The lowest BCUT2D eigenvalue weighted by Crippen LogP contribution is -2.26. The molecule has 80 valence electrons. The van der Waals surface area contributed by atoms with Crippen molar-refractivity contribution < 1.29 is 9.90 Å². The average Bonchev–Trinajstić information content (AvgIpc) is 2.64. The van der Waals surface area contributed by atoms with Gasteiger partial charge in [-0.1, -0.05) is 0 Å². The molecule has 0 aromatic carbocycles. The molecule has 4 heteroatoms. The number of hydrogen-bond acceptors (Lipinski definition) is 3. The number of aromatic carboxylic acids is 1. The standard InChI is InChI=1S/C11H14N2O2/c1-8-3-2-4-13(8)10-5-9(11(14)15)6-12-7-10/h5-8H,2-4H2,1H3,(H,14,15). The van der Waals surface area contributed by atoms with Crippen molar-refractivity contribution in [1.82, 2.24) is 4.98 Å². The van der Waals surface area contributed by atoms with Gasteiger partial charge in [-0.15, -0.1) is 0 Å². The van der Waals surface area contributed by atoms with Crippen molar-refractivity contribution in [3.63, 3.8) is 0 Å². The first-order valence-corrected chi connectivity index (χ1v) is 5.13. The summed E-state index contributed by atoms with van der Waals surface area (Å²) >= 11 is 0. The fourth-order valence-corrected chi connectivity index (χ4v) is 2.02. The Hall–Kier alpha value is -1.58. The van der Waals surface area contributed by atoms with Gasteiger partial charge in [0.25, 0.3) is 0 Å². The second-order valence-corrected chi connectivity index (χ2v) is 3.92. The van der Waals surface area contributed by atoms with Crippen LogP contribution in [0.4, 0.5) is 5.69 Å². The Morgan fingerprint density at radius 2 is 2.40 bits per heavy atom. The molecule has 1 atom stereocenters. The maximum absolute atomic E-state index is 10.8. The zero-order valence-corrected chi connectivity index (χ0v) is 8.68. The van der Waals surface area contributed by atoms with Gasteiger partial charge in [0, 0.05) is 18.8 Å². The van der Waals surface area contributed by atoms with E-state index in [0.29, 0.717) is 6.04 Å². The zero-order valence-electron chi connectivity index (χ0n) is 8.68. The number of pyridine rings is 1. The Morgan fingerprint density at radius 1 is 1.60 bits per heavy atom. The monoisotopic (exact) mass is 206 g/mol. The quantitative estimate of drug-likeness (QED) is 0.801. The molecule has 4 nitrogen and oxygen atoms in total. The highest BCUT2D eigenvalue weighted by Crippen LogP contribution is 2.24. The predicted octanol–water partition coefficient (Wildman–Crippen LogP) is 1.77. The first kappa shape index (κ1) is 9.96. The molecule has 0 amide bonds. The van der Waals surface area contributed by atoms with Crippen molar-refractivity contribution >= 4 is 11.7 Å². The minimum Gasteiger partial charge on any atom is -0.478 e. The molecule has 1 aliphatic rings. The number of carboxylic acid groups (broad SMARTS) is 1. The molecule has 1 fully saturated rings. The van der Waals surface area contributed by atoms with Crippen LogP contribution in [0.3, 0.4) is 0 Å². The summed E-state index contributed by atoms with van der Waals surface area (Å²) in [7, 11) is 0. The number of carboxylic acids is 1. The average molecular weight is 206 g/mol. The number of carbonyl (C=O) groups is 1. The van der Waals surface area contributed by atoms with Gasteiger partial charge < -0.3 is 10.0 Å². The minimum atomic E-state index is -0.920. The summed E-state index contributed by atoms with van der Waals surface area (Å²) in [5, 5.41) is 8.86. The number of anilines is 1. The van der Waals surface area contributed by atoms with Crippen molar-refractivity contribution in [3.8, 4) is 0 Å². The van der Waals surface area contributed by atoms with Crippen molar-refractivity contribution in [3.05, 3.63) is 24.0 Å². The molecular formula is C11H14N2O2. The summed E-state index contributed by atoms with van der Waals surface area (Å²) < 4.78 is 0. The molecule has 2 rings (SSSR count). The summed E-state index contributed by atoms with van der Waals surface area (Å²) in [5.41, 5.74) is 1.17. The fourth-order valence-electron chi connectivity index (χ4n) is 2.02. The third-order valence-electron chi connectivity index (χ3n) is 2.86. The van der Waals surface area contributed by atoms with E-state index in [1.165, 1.54) is 12.6 Å². The molecular weight excluding hydrogens is 192 g/mol. The van der Waals surface area contributed by atoms with E-state index in [1.54, 1.807) is 12.3 Å². The summed E-state index contributed by atoms with van der Waals surface area (Å²) in [5.74, 6) is -0.920. The van der Waals surface area contributed by atoms with E-state index in [0.717, 1.165) is 18.7 Å². The molecule has 0 bridgehead atoms. The fraction of sp³-hybridized carbons (Fsp3) is 0.455. The smallest absolute Gasteiger partial charge is 0.337 e. The maximum Gasteiger partial charge on any atom is 0.337 e. The SMILES string of the molecule is CC1CCCN1c1cncc(C(=O)O)c1. The van der Waals surface area contributed by atoms with Crippen molar-refractivity contribution in [2.45, 2.75) is 25.8 Å². The lowest BCUT2D eigenvalue weighted by atomic mass is 10.2. The lowest BCUT2D eigenvalue weighted by molar-refractivity contribution is 0.0696. The van der Waals surface area contributed by atoms with E-state index in [1.807, 2.05) is 0 Å². The van der Waals surface area contributed by atoms with Crippen LogP contribution in [-0.4, -0.2) is 28.6 Å². The number of aromatic nitrogens is 1. The molecule has 1 aliphatic heterocycles. The van der Waals surface area contributed by atoms with Crippen LogP contribution < -0.4 is 4.90 Å². The number of rotatable bonds is 2. The lowest BCUT2D eigenvalue weighted by Gasteiger charge is -2.23. The van der Waals surface area contributed by atoms with Crippen LogP contribution in [0.2, 0.25) is 0 Å². The minimum absolute atomic E-state index is 0.256. The molecule has 0 spiro atoms. The Balaban J connectivity index is 2.28. The Bertz CT molecular complexity index is 379. The third kappa shape index (κ3) is 1.93. The maximum atomic E-state index is 10.8. The van der Waals surface area contributed by atoms with E-state index in [9.17, 15) is 4.79 Å². The van der Waals surface area contributed by atoms with Gasteiger partial charge in [-0.25, -0.2) is 4.79 Å². The van der Waals surface area contributed by atoms with Crippen LogP contribution in [0.5, 0.6) is 0 Å². The van der Waals surface area contributed by atoms with Crippen LogP contribution in [0.15, 0.2) is 18.5 Å². The molecule has 1 aromatic heterocycles. The van der Waals surface area contributed by atoms with Crippen LogP contribution in [0, 0.1) is 0 Å². The first-order chi connectivity index (χ1) is 7.18. The van der Waals surface area contributed by atoms with E-state index in [4.69, 9.17) is 5.11 Å². The van der Waals surface area contributed by atoms with E-state index < -0.39 is 5.97 Å². The van der Waals surface area contributed by atoms with Crippen molar-refractivity contribution in [1.29, 1.82) is 0 Å². The molecule has 0 radical (unpaired) electrons. The van der Waals surface area contributed by atoms with Gasteiger partial charge in [0.1, 0.15) is 0 Å². The summed E-state index contributed by atoms with van der Waals surface area (Å²) in [6, 6.07) is 2.17. The van der Waals surface area contributed by atoms with Gasteiger partial charge in [0.05, 0.1) is 17.4 Å². The molecule has 2 heterocycles. The summed E-state index contributed by atoms with van der Waals surface area (Å²) in [6.45, 7) is 3.15. The Morgan fingerprint density at radius 3 is 3.00 bits per heavy atom. The molecule has 1 N–H and O–H groups in total. The Labute approximate surface area is 88.6 Å². The Kier molecular flexibility index (Phi) is 2.58. The largest absolute Gasteiger partial charge is 0.478 e. The van der Waals surface area contributed by atoms with Gasteiger partial charge in [-0.2, -0.15) is 0 Å². The van der Waals surface area contributed by atoms with E-state index >= 15 is 0 Å². The topological polar surface area (TPSA) is 53.4 Å². The van der Waals surface area contributed by atoms with E-state index in [2.05, 4.69) is 16.8 Å². The van der Waals surface area contributed by atoms with Gasteiger partial charge in [-0.05, 0) is 25.8 Å². The first-order valence-electron chi connectivity index (χ1n) is 5.13. The van der Waals surface area contributed by atoms with Gasteiger partial charge in [0.15, 0.2) is 0 Å². The second kappa shape index (κ2) is 3.88. The summed E-state index contributed by atoms with van der Waals surface area (Å²) in [6.07, 6.45) is 5.44. The highest BCUT2D eigenvalue weighted by Gasteiger charge is 2.21. The van der Waals surface area contributed by atoms with Gasteiger partial charge >= 0.3 is 5.97 Å². The highest BCUT2D eigenvalue weighted by atomic mass is 16.4. The zero-order chi connectivity index (χ0) is 10.8. The van der Waals surface area contributed by atoms with Crippen LogP contribution >= 0.6 is 0 Å². The predicted molar refractivity (Wildman–Crippen MR) is 57.2 cm³/mol. The van der Waals surface area contributed by atoms with Crippen LogP contribution in [-0.2, 0) is 0 Å². The molecule has 15 heavy (non-hydrogen) atoms. The number of nitrogens with zero attached hydrogens (tertiary/aromatic N) is 2. The molecule has 0 aliphatic carbocycles. The molecule has 0 saturated carbocycles. The molecule has 1 saturated heterocycles. The van der Waals surface area contributed by atoms with Crippen molar-refractivity contribution in [2.75, 3.05) is 11.4 Å². The molecule has 1 aromatic rings. The highest BCUT2D eigenvalue weighted by molar-refractivity contribution is 5.88. The normalized spacial score (nSPS) is 20.6. The second-order valence-electron chi connectivity index (χ2n) is 3.92. The van der Waals surface area contributed by atoms with Crippen LogP contribution in [0.1, 0.15) is 30.1 Å².